The van der Waals surface area contributed by atoms with Gasteiger partial charge in [-0.15, -0.1) is 0 Å². The number of nitrogens with zero attached hydrogens (tertiary/aromatic N) is 2. The van der Waals surface area contributed by atoms with Gasteiger partial charge in [0, 0.05) is 25.4 Å². The van der Waals surface area contributed by atoms with Crippen LogP contribution in [-0.4, -0.2) is 16.8 Å². The van der Waals surface area contributed by atoms with Crippen LogP contribution in [0.4, 0.5) is 4.39 Å². The van der Waals surface area contributed by atoms with Gasteiger partial charge in [-0.05, 0) is 30.8 Å². The summed E-state index contributed by atoms with van der Waals surface area (Å²) >= 11 is 0. The second kappa shape index (κ2) is 4.45. The van der Waals surface area contributed by atoms with Crippen molar-refractivity contribution in [3.63, 3.8) is 0 Å². The summed E-state index contributed by atoms with van der Waals surface area (Å²) in [5, 5.41) is 7.17. The number of hydrogen-bond acceptors (Lipinski definition) is 2. The van der Waals surface area contributed by atoms with E-state index in [4.69, 9.17) is 0 Å². The van der Waals surface area contributed by atoms with Crippen molar-refractivity contribution in [1.29, 1.82) is 0 Å². The van der Waals surface area contributed by atoms with Crippen LogP contribution in [0.2, 0.25) is 0 Å². The van der Waals surface area contributed by atoms with Crippen molar-refractivity contribution >= 4 is 0 Å². The van der Waals surface area contributed by atoms with Crippen LogP contribution in [0.25, 0.3) is 11.3 Å². The minimum absolute atomic E-state index is 0.230. The highest BCUT2D eigenvalue weighted by molar-refractivity contribution is 5.59. The van der Waals surface area contributed by atoms with Crippen LogP contribution in [0, 0.1) is 5.82 Å². The van der Waals surface area contributed by atoms with Gasteiger partial charge in [0.25, 0.3) is 0 Å². The van der Waals surface area contributed by atoms with Gasteiger partial charge in [0.1, 0.15) is 5.82 Å². The van der Waals surface area contributed by atoms with Gasteiger partial charge in [-0.25, -0.2) is 4.39 Å². The Bertz CT molecular complexity index is 491. The quantitative estimate of drug-likeness (QED) is 0.855. The normalized spacial score (nSPS) is 10.7. The molecule has 0 aliphatic heterocycles. The zero-order valence-corrected chi connectivity index (χ0v) is 9.37. The Labute approximate surface area is 93.9 Å². The first kappa shape index (κ1) is 10.8. The molecular weight excluding hydrogens is 205 g/mol. The number of benzene rings is 1. The van der Waals surface area contributed by atoms with Crippen molar-refractivity contribution in [3.05, 3.63) is 41.8 Å². The van der Waals surface area contributed by atoms with E-state index in [1.807, 2.05) is 20.2 Å². The Morgan fingerprint density at radius 1 is 1.38 bits per heavy atom. The molecule has 4 heteroatoms. The summed E-state index contributed by atoms with van der Waals surface area (Å²) in [5.74, 6) is -0.230. The Morgan fingerprint density at radius 2 is 2.19 bits per heavy atom. The number of nitrogens with one attached hydrogen (secondary N) is 1. The van der Waals surface area contributed by atoms with E-state index < -0.39 is 0 Å². The lowest BCUT2D eigenvalue weighted by Crippen LogP contribution is -2.05. The summed E-state index contributed by atoms with van der Waals surface area (Å²) in [5.41, 5.74) is 2.14. The molecule has 1 N–H and O–H groups in total. The molecular formula is C12H14FN3. The largest absolute Gasteiger partial charge is 0.316 e. The molecule has 0 spiro atoms. The average Bonchev–Trinajstić information content (AvgIpc) is 2.65. The summed E-state index contributed by atoms with van der Waals surface area (Å²) in [4.78, 5) is 0. The van der Waals surface area contributed by atoms with E-state index in [2.05, 4.69) is 10.4 Å². The molecule has 0 aliphatic carbocycles. The fourth-order valence-corrected chi connectivity index (χ4v) is 1.64. The van der Waals surface area contributed by atoms with E-state index in [1.165, 1.54) is 0 Å². The molecule has 0 radical (unpaired) electrons. The molecule has 0 saturated heterocycles. The predicted octanol–water partition coefficient (Wildman–Crippen LogP) is 1.95. The smallest absolute Gasteiger partial charge is 0.132 e. The molecule has 16 heavy (non-hydrogen) atoms. The summed E-state index contributed by atoms with van der Waals surface area (Å²) < 4.78 is 15.5. The van der Waals surface area contributed by atoms with Crippen molar-refractivity contribution in [2.24, 2.45) is 7.05 Å². The second-order valence-corrected chi connectivity index (χ2v) is 3.72. The Morgan fingerprint density at radius 3 is 2.75 bits per heavy atom. The zero-order valence-electron chi connectivity index (χ0n) is 9.37. The lowest BCUT2D eigenvalue weighted by Gasteiger charge is -2.03. The van der Waals surface area contributed by atoms with Crippen molar-refractivity contribution in [3.8, 4) is 11.3 Å². The third-order valence-electron chi connectivity index (χ3n) is 2.40. The number of rotatable bonds is 3. The summed E-state index contributed by atoms with van der Waals surface area (Å²) in [6.45, 7) is 0.666. The number of hydrogen-bond donors (Lipinski definition) is 1. The maximum Gasteiger partial charge on any atom is 0.132 e. The molecule has 0 amide bonds. The molecule has 2 aromatic rings. The molecule has 0 saturated carbocycles. The van der Waals surface area contributed by atoms with Crippen LogP contribution in [-0.2, 0) is 13.6 Å². The molecule has 0 fully saturated rings. The van der Waals surface area contributed by atoms with Gasteiger partial charge >= 0.3 is 0 Å². The van der Waals surface area contributed by atoms with Gasteiger partial charge in [0.05, 0.1) is 5.69 Å². The van der Waals surface area contributed by atoms with Crippen LogP contribution in [0.5, 0.6) is 0 Å². The summed E-state index contributed by atoms with van der Waals surface area (Å²) in [6, 6.07) is 7.02. The fraction of sp³-hybridized carbons (Fsp3) is 0.250. The highest BCUT2D eigenvalue weighted by Crippen LogP contribution is 2.21. The Hall–Kier alpha value is -1.68. The predicted molar refractivity (Wildman–Crippen MR) is 61.4 cm³/mol. The van der Waals surface area contributed by atoms with Crippen molar-refractivity contribution in [1.82, 2.24) is 15.1 Å². The van der Waals surface area contributed by atoms with Gasteiger partial charge in [0.15, 0.2) is 0 Å². The molecule has 0 unspecified atom stereocenters. The maximum absolute atomic E-state index is 13.8. The van der Waals surface area contributed by atoms with Crippen molar-refractivity contribution < 1.29 is 4.39 Å². The van der Waals surface area contributed by atoms with Gasteiger partial charge in [-0.1, -0.05) is 6.07 Å². The third kappa shape index (κ3) is 2.12. The highest BCUT2D eigenvalue weighted by Gasteiger charge is 2.08. The SMILES string of the molecule is CNCc1ccc(-c2ccn(C)n2)c(F)c1. The van der Waals surface area contributed by atoms with Crippen LogP contribution >= 0.6 is 0 Å². The van der Waals surface area contributed by atoms with Gasteiger partial charge in [-0.3, -0.25) is 4.68 Å². The molecule has 84 valence electrons. The first-order valence-electron chi connectivity index (χ1n) is 5.14. The lowest BCUT2D eigenvalue weighted by molar-refractivity contribution is 0.626. The minimum Gasteiger partial charge on any atom is -0.316 e. The molecule has 0 atom stereocenters. The lowest BCUT2D eigenvalue weighted by atomic mass is 10.1. The minimum atomic E-state index is -0.230. The van der Waals surface area contributed by atoms with Crippen LogP contribution in [0.15, 0.2) is 30.5 Å². The number of aryl methyl sites for hydroxylation is 1. The van der Waals surface area contributed by atoms with Crippen LogP contribution < -0.4 is 5.32 Å². The maximum atomic E-state index is 13.8. The van der Waals surface area contributed by atoms with E-state index in [0.717, 1.165) is 5.56 Å². The number of halogens is 1. The standard InChI is InChI=1S/C12H14FN3/c1-14-8-9-3-4-10(11(13)7-9)12-5-6-16(2)15-12/h3-7,14H,8H2,1-2H3. The van der Waals surface area contributed by atoms with Crippen molar-refractivity contribution in [2.45, 2.75) is 6.54 Å². The van der Waals surface area contributed by atoms with E-state index >= 15 is 0 Å². The fourth-order valence-electron chi connectivity index (χ4n) is 1.64. The summed E-state index contributed by atoms with van der Waals surface area (Å²) in [6.07, 6.45) is 1.80. The molecule has 1 heterocycles. The molecule has 1 aromatic heterocycles. The Kier molecular flexibility index (Phi) is 3.01. The van der Waals surface area contributed by atoms with Gasteiger partial charge < -0.3 is 5.32 Å². The van der Waals surface area contributed by atoms with E-state index in [9.17, 15) is 4.39 Å². The average molecular weight is 219 g/mol. The van der Waals surface area contributed by atoms with Crippen LogP contribution in [0.1, 0.15) is 5.56 Å². The second-order valence-electron chi connectivity index (χ2n) is 3.72. The first-order chi connectivity index (χ1) is 7.70. The monoisotopic (exact) mass is 219 g/mol. The molecule has 0 bridgehead atoms. The van der Waals surface area contributed by atoms with E-state index in [-0.39, 0.29) is 5.82 Å². The first-order valence-corrected chi connectivity index (χ1v) is 5.14. The molecule has 1 aromatic carbocycles. The molecule has 3 nitrogen and oxygen atoms in total. The third-order valence-corrected chi connectivity index (χ3v) is 2.40. The van der Waals surface area contributed by atoms with E-state index in [1.54, 1.807) is 29.1 Å². The highest BCUT2D eigenvalue weighted by atomic mass is 19.1. The molecule has 0 aliphatic rings. The van der Waals surface area contributed by atoms with Crippen molar-refractivity contribution in [2.75, 3.05) is 7.05 Å². The molecule has 2 rings (SSSR count). The van der Waals surface area contributed by atoms with Crippen LogP contribution in [0.3, 0.4) is 0 Å². The zero-order chi connectivity index (χ0) is 11.5. The summed E-state index contributed by atoms with van der Waals surface area (Å²) in [7, 11) is 3.65. The number of aromatic nitrogens is 2. The Balaban J connectivity index is 2.36. The topological polar surface area (TPSA) is 29.9 Å². The van der Waals surface area contributed by atoms with Gasteiger partial charge in [-0.2, -0.15) is 5.10 Å². The van der Waals surface area contributed by atoms with Gasteiger partial charge in [0.2, 0.25) is 0 Å². The van der Waals surface area contributed by atoms with E-state index in [0.29, 0.717) is 17.8 Å².